The Hall–Kier alpha value is -1.03. The zero-order chi connectivity index (χ0) is 10.8. The standard InChI is InChI=1S/C11H18N2O2/c1-3-4-9-10-5-8(15-2)7-13(10)11(14)6-12-9/h4,8,10,12H,3,5-7H2,1-2H3/b9-4-. The van der Waals surface area contributed by atoms with Gasteiger partial charge in [0, 0.05) is 25.8 Å². The Morgan fingerprint density at radius 2 is 2.47 bits per heavy atom. The number of amides is 1. The number of ether oxygens (including phenoxy) is 1. The fraction of sp³-hybridized carbons (Fsp3) is 0.727. The van der Waals surface area contributed by atoms with Gasteiger partial charge >= 0.3 is 0 Å². The van der Waals surface area contributed by atoms with Gasteiger partial charge in [0.2, 0.25) is 5.91 Å². The summed E-state index contributed by atoms with van der Waals surface area (Å²) >= 11 is 0. The van der Waals surface area contributed by atoms with E-state index >= 15 is 0 Å². The second-order valence-electron chi connectivity index (χ2n) is 4.08. The molecule has 2 fully saturated rings. The van der Waals surface area contributed by atoms with Gasteiger partial charge < -0.3 is 15.0 Å². The lowest BCUT2D eigenvalue weighted by atomic mass is 10.1. The zero-order valence-electron chi connectivity index (χ0n) is 9.32. The first-order chi connectivity index (χ1) is 7.26. The van der Waals surface area contributed by atoms with Gasteiger partial charge in [-0.1, -0.05) is 13.0 Å². The van der Waals surface area contributed by atoms with Crippen molar-refractivity contribution in [3.05, 3.63) is 11.8 Å². The number of piperazine rings is 1. The predicted molar refractivity (Wildman–Crippen MR) is 57.3 cm³/mol. The molecular weight excluding hydrogens is 192 g/mol. The molecule has 0 aromatic heterocycles. The van der Waals surface area contributed by atoms with Crippen LogP contribution >= 0.6 is 0 Å². The molecule has 2 rings (SSSR count). The molecule has 0 saturated carbocycles. The number of fused-ring (bicyclic) bond motifs is 1. The molecule has 4 heteroatoms. The summed E-state index contributed by atoms with van der Waals surface area (Å²) in [6.07, 6.45) is 4.28. The molecule has 2 atom stereocenters. The van der Waals surface area contributed by atoms with Gasteiger partial charge in [0.1, 0.15) is 0 Å². The van der Waals surface area contributed by atoms with E-state index in [1.165, 1.54) is 5.70 Å². The Labute approximate surface area is 90.3 Å². The van der Waals surface area contributed by atoms with Crippen molar-refractivity contribution < 1.29 is 9.53 Å². The molecule has 2 aliphatic heterocycles. The van der Waals surface area contributed by atoms with E-state index in [9.17, 15) is 4.79 Å². The Morgan fingerprint density at radius 3 is 3.13 bits per heavy atom. The third-order valence-electron chi connectivity index (χ3n) is 3.14. The molecule has 2 aliphatic rings. The van der Waals surface area contributed by atoms with E-state index in [4.69, 9.17) is 4.74 Å². The van der Waals surface area contributed by atoms with E-state index in [0.29, 0.717) is 6.54 Å². The van der Waals surface area contributed by atoms with Crippen molar-refractivity contribution in [2.24, 2.45) is 0 Å². The van der Waals surface area contributed by atoms with Gasteiger partial charge in [-0.15, -0.1) is 0 Å². The SMILES string of the molecule is CC/C=C1\NCC(=O)N2CC(OC)CC12. The van der Waals surface area contributed by atoms with Crippen LogP contribution in [0, 0.1) is 0 Å². The highest BCUT2D eigenvalue weighted by Gasteiger charge is 2.39. The number of carbonyl (C=O) groups is 1. The molecule has 1 N–H and O–H groups in total. The fourth-order valence-corrected chi connectivity index (χ4v) is 2.36. The van der Waals surface area contributed by atoms with Crippen LogP contribution in [0.4, 0.5) is 0 Å². The number of allylic oxidation sites excluding steroid dienone is 1. The molecule has 0 aliphatic carbocycles. The smallest absolute Gasteiger partial charge is 0.242 e. The highest BCUT2D eigenvalue weighted by molar-refractivity contribution is 5.81. The quantitative estimate of drug-likeness (QED) is 0.721. The van der Waals surface area contributed by atoms with Crippen LogP contribution in [-0.4, -0.2) is 43.2 Å². The maximum Gasteiger partial charge on any atom is 0.242 e. The van der Waals surface area contributed by atoms with Crippen LogP contribution in [0.25, 0.3) is 0 Å². The van der Waals surface area contributed by atoms with E-state index in [-0.39, 0.29) is 18.1 Å². The second kappa shape index (κ2) is 4.23. The largest absolute Gasteiger partial charge is 0.380 e. The molecule has 0 bridgehead atoms. The maximum absolute atomic E-state index is 11.7. The van der Waals surface area contributed by atoms with E-state index in [0.717, 1.165) is 19.4 Å². The Bertz CT molecular complexity index is 288. The summed E-state index contributed by atoms with van der Waals surface area (Å²) in [5.74, 6) is 0.188. The minimum absolute atomic E-state index is 0.188. The summed E-state index contributed by atoms with van der Waals surface area (Å²) in [5, 5.41) is 3.20. The summed E-state index contributed by atoms with van der Waals surface area (Å²) in [6, 6.07) is 0.219. The van der Waals surface area contributed by atoms with Gasteiger partial charge in [0.15, 0.2) is 0 Å². The number of nitrogens with one attached hydrogen (secondary N) is 1. The minimum Gasteiger partial charge on any atom is -0.380 e. The second-order valence-corrected chi connectivity index (χ2v) is 4.08. The first-order valence-corrected chi connectivity index (χ1v) is 5.52. The molecule has 1 amide bonds. The fourth-order valence-electron chi connectivity index (χ4n) is 2.36. The number of hydrogen-bond acceptors (Lipinski definition) is 3. The number of methoxy groups -OCH3 is 1. The summed E-state index contributed by atoms with van der Waals surface area (Å²) in [4.78, 5) is 13.6. The van der Waals surface area contributed by atoms with Crippen molar-refractivity contribution in [1.29, 1.82) is 0 Å². The van der Waals surface area contributed by atoms with Crippen LogP contribution < -0.4 is 5.32 Å². The first-order valence-electron chi connectivity index (χ1n) is 5.52. The van der Waals surface area contributed by atoms with Gasteiger partial charge in [-0.2, -0.15) is 0 Å². The van der Waals surface area contributed by atoms with E-state index in [1.54, 1.807) is 7.11 Å². The average molecular weight is 210 g/mol. The van der Waals surface area contributed by atoms with Crippen LogP contribution in [-0.2, 0) is 9.53 Å². The molecule has 2 unspecified atom stereocenters. The number of hydrogen-bond donors (Lipinski definition) is 1. The van der Waals surface area contributed by atoms with Crippen LogP contribution in [0.3, 0.4) is 0 Å². The molecular formula is C11H18N2O2. The van der Waals surface area contributed by atoms with Gasteiger partial charge in [-0.25, -0.2) is 0 Å². The van der Waals surface area contributed by atoms with Crippen molar-refractivity contribution in [1.82, 2.24) is 10.2 Å². The molecule has 2 heterocycles. The third-order valence-corrected chi connectivity index (χ3v) is 3.14. The summed E-state index contributed by atoms with van der Waals surface area (Å²) in [5.41, 5.74) is 1.19. The highest BCUT2D eigenvalue weighted by atomic mass is 16.5. The van der Waals surface area contributed by atoms with Crippen molar-refractivity contribution in [2.75, 3.05) is 20.2 Å². The van der Waals surface area contributed by atoms with E-state index in [2.05, 4.69) is 18.3 Å². The Balaban J connectivity index is 2.16. The van der Waals surface area contributed by atoms with Crippen LogP contribution in [0.15, 0.2) is 11.8 Å². The molecule has 0 spiro atoms. The van der Waals surface area contributed by atoms with Crippen LogP contribution in [0.5, 0.6) is 0 Å². The Morgan fingerprint density at radius 1 is 1.67 bits per heavy atom. The third kappa shape index (κ3) is 1.86. The van der Waals surface area contributed by atoms with Gasteiger partial charge in [0.05, 0.1) is 18.7 Å². The van der Waals surface area contributed by atoms with Gasteiger partial charge in [-0.05, 0) is 6.42 Å². The number of carbonyl (C=O) groups excluding carboxylic acids is 1. The lowest BCUT2D eigenvalue weighted by Crippen LogP contribution is -2.50. The Kier molecular flexibility index (Phi) is 2.95. The zero-order valence-corrected chi connectivity index (χ0v) is 9.32. The van der Waals surface area contributed by atoms with Crippen LogP contribution in [0.2, 0.25) is 0 Å². The molecule has 15 heavy (non-hydrogen) atoms. The number of nitrogens with zero attached hydrogens (tertiary/aromatic N) is 1. The molecule has 0 aromatic rings. The molecule has 4 nitrogen and oxygen atoms in total. The van der Waals surface area contributed by atoms with Gasteiger partial charge in [-0.3, -0.25) is 4.79 Å². The molecule has 0 aromatic carbocycles. The van der Waals surface area contributed by atoms with Crippen molar-refractivity contribution in [3.63, 3.8) is 0 Å². The molecule has 84 valence electrons. The average Bonchev–Trinajstić information content (AvgIpc) is 2.67. The van der Waals surface area contributed by atoms with E-state index < -0.39 is 0 Å². The monoisotopic (exact) mass is 210 g/mol. The lowest BCUT2D eigenvalue weighted by Gasteiger charge is -2.32. The van der Waals surface area contributed by atoms with Crippen molar-refractivity contribution in [2.45, 2.75) is 31.9 Å². The van der Waals surface area contributed by atoms with Crippen molar-refractivity contribution in [3.8, 4) is 0 Å². The topological polar surface area (TPSA) is 41.6 Å². The normalized spacial score (nSPS) is 33.1. The van der Waals surface area contributed by atoms with E-state index in [1.807, 2.05) is 4.90 Å². The van der Waals surface area contributed by atoms with Gasteiger partial charge in [0.25, 0.3) is 0 Å². The molecule has 0 radical (unpaired) electrons. The lowest BCUT2D eigenvalue weighted by molar-refractivity contribution is -0.132. The maximum atomic E-state index is 11.7. The summed E-state index contributed by atoms with van der Waals surface area (Å²) < 4.78 is 5.33. The summed E-state index contributed by atoms with van der Waals surface area (Å²) in [6.45, 7) is 3.28. The predicted octanol–water partition coefficient (Wildman–Crippen LogP) is 0.499. The highest BCUT2D eigenvalue weighted by Crippen LogP contribution is 2.27. The number of rotatable bonds is 2. The van der Waals surface area contributed by atoms with Crippen LogP contribution in [0.1, 0.15) is 19.8 Å². The minimum atomic E-state index is 0.188. The van der Waals surface area contributed by atoms with Crippen molar-refractivity contribution >= 4 is 5.91 Å². The molecule has 2 saturated heterocycles. The first kappa shape index (κ1) is 10.5. The summed E-state index contributed by atoms with van der Waals surface area (Å²) in [7, 11) is 1.71.